The Kier molecular flexibility index (Phi) is 4.93. The minimum Gasteiger partial charge on any atom is -0.311 e. The van der Waals surface area contributed by atoms with Crippen LogP contribution < -0.4 is 10.2 Å². The molecule has 7 heteroatoms. The Morgan fingerprint density at radius 1 is 1.30 bits per heavy atom. The van der Waals surface area contributed by atoms with E-state index >= 15 is 0 Å². The maximum absolute atomic E-state index is 12.8. The van der Waals surface area contributed by atoms with Gasteiger partial charge in [-0.3, -0.25) is 4.79 Å². The lowest BCUT2D eigenvalue weighted by atomic mass is 9.99. The quantitative estimate of drug-likeness (QED) is 0.752. The number of hydrogen-bond donors (Lipinski definition) is 1. The lowest BCUT2D eigenvalue weighted by Gasteiger charge is -2.30. The van der Waals surface area contributed by atoms with E-state index < -0.39 is 0 Å². The van der Waals surface area contributed by atoms with Gasteiger partial charge >= 0.3 is 0 Å². The molecule has 0 aliphatic carbocycles. The molecule has 1 N–H and O–H groups in total. The summed E-state index contributed by atoms with van der Waals surface area (Å²) in [6.07, 6.45) is 6.85. The minimum absolute atomic E-state index is 0.0889. The molecular weight excluding hydrogens is 340 g/mol. The van der Waals surface area contributed by atoms with Crippen LogP contribution in [0.25, 0.3) is 5.82 Å². The first kappa shape index (κ1) is 17.4. The average Bonchev–Trinajstić information content (AvgIpc) is 3.22. The molecular formula is C20H22N6O. The van der Waals surface area contributed by atoms with Gasteiger partial charge in [-0.05, 0) is 37.5 Å². The second kappa shape index (κ2) is 7.67. The third kappa shape index (κ3) is 3.73. The zero-order valence-corrected chi connectivity index (χ0v) is 15.3. The first-order valence-corrected chi connectivity index (χ1v) is 9.12. The average molecular weight is 362 g/mol. The molecule has 0 bridgehead atoms. The van der Waals surface area contributed by atoms with Crippen molar-refractivity contribution >= 4 is 11.6 Å². The summed E-state index contributed by atoms with van der Waals surface area (Å²) in [7, 11) is 0. The highest BCUT2D eigenvalue weighted by atomic mass is 16.2. The van der Waals surface area contributed by atoms with E-state index in [-0.39, 0.29) is 12.5 Å². The molecule has 3 aromatic rings. The van der Waals surface area contributed by atoms with Gasteiger partial charge in [0.05, 0.1) is 6.54 Å². The Morgan fingerprint density at radius 2 is 2.22 bits per heavy atom. The number of pyridine rings is 1. The number of nitrogens with one attached hydrogen (secondary N) is 1. The van der Waals surface area contributed by atoms with Gasteiger partial charge in [-0.25, -0.2) is 14.6 Å². The highest BCUT2D eigenvalue weighted by Crippen LogP contribution is 2.27. The summed E-state index contributed by atoms with van der Waals surface area (Å²) in [5, 5.41) is 7.39. The van der Waals surface area contributed by atoms with Crippen molar-refractivity contribution in [1.29, 1.82) is 0 Å². The van der Waals surface area contributed by atoms with E-state index in [0.29, 0.717) is 12.4 Å². The van der Waals surface area contributed by atoms with Crippen LogP contribution in [0.1, 0.15) is 23.1 Å². The standard InChI is InChI=1S/C20H22N6O/c1-15-6-7-18-16(10-15)5-3-9-25(18)19(27)12-21-11-17-4-2-8-23-20(17)26-14-22-13-24-26/h2,4,6-8,10,13-14,21H,3,5,9,11-12H2,1H3. The summed E-state index contributed by atoms with van der Waals surface area (Å²) in [5.41, 5.74) is 4.50. The molecule has 2 aromatic heterocycles. The number of benzene rings is 1. The highest BCUT2D eigenvalue weighted by molar-refractivity contribution is 5.96. The van der Waals surface area contributed by atoms with E-state index in [0.717, 1.165) is 30.6 Å². The van der Waals surface area contributed by atoms with Gasteiger partial charge < -0.3 is 10.2 Å². The summed E-state index contributed by atoms with van der Waals surface area (Å²) in [6.45, 7) is 3.67. The van der Waals surface area contributed by atoms with Crippen molar-refractivity contribution in [3.63, 3.8) is 0 Å². The van der Waals surface area contributed by atoms with Crippen molar-refractivity contribution in [2.24, 2.45) is 0 Å². The Balaban J connectivity index is 1.42. The fraction of sp³-hybridized carbons (Fsp3) is 0.300. The van der Waals surface area contributed by atoms with Crippen LogP contribution in [-0.2, 0) is 17.8 Å². The third-order valence-electron chi connectivity index (χ3n) is 4.75. The zero-order valence-electron chi connectivity index (χ0n) is 15.3. The van der Waals surface area contributed by atoms with Gasteiger partial charge in [0.2, 0.25) is 5.91 Å². The number of nitrogens with zero attached hydrogens (tertiary/aromatic N) is 5. The molecule has 1 aliphatic heterocycles. The van der Waals surface area contributed by atoms with Crippen molar-refractivity contribution in [3.8, 4) is 5.82 Å². The summed E-state index contributed by atoms with van der Waals surface area (Å²) in [5.74, 6) is 0.805. The van der Waals surface area contributed by atoms with Gasteiger partial charge in [-0.2, -0.15) is 5.10 Å². The lowest BCUT2D eigenvalue weighted by Crippen LogP contribution is -2.41. The van der Waals surface area contributed by atoms with Crippen LogP contribution in [0.2, 0.25) is 0 Å². The Labute approximate surface area is 158 Å². The van der Waals surface area contributed by atoms with Crippen molar-refractivity contribution < 1.29 is 4.79 Å². The second-order valence-electron chi connectivity index (χ2n) is 6.71. The first-order chi connectivity index (χ1) is 13.2. The number of hydrogen-bond acceptors (Lipinski definition) is 5. The van der Waals surface area contributed by atoms with Crippen LogP contribution in [0.4, 0.5) is 5.69 Å². The van der Waals surface area contributed by atoms with E-state index in [9.17, 15) is 4.79 Å². The summed E-state index contributed by atoms with van der Waals surface area (Å²) in [6, 6.07) is 10.2. The van der Waals surface area contributed by atoms with Crippen LogP contribution >= 0.6 is 0 Å². The second-order valence-corrected chi connectivity index (χ2v) is 6.71. The zero-order chi connectivity index (χ0) is 18.6. The molecule has 3 heterocycles. The van der Waals surface area contributed by atoms with E-state index in [1.165, 1.54) is 17.5 Å². The molecule has 4 rings (SSSR count). The van der Waals surface area contributed by atoms with Crippen LogP contribution in [0.3, 0.4) is 0 Å². The molecule has 0 saturated carbocycles. The fourth-order valence-electron chi connectivity index (χ4n) is 3.48. The predicted octanol–water partition coefficient (Wildman–Crippen LogP) is 2.04. The van der Waals surface area contributed by atoms with Gasteiger partial charge in [-0.1, -0.05) is 23.8 Å². The molecule has 27 heavy (non-hydrogen) atoms. The number of carbonyl (C=O) groups is 1. The molecule has 1 aromatic carbocycles. The Bertz CT molecular complexity index is 937. The molecule has 0 saturated heterocycles. The summed E-state index contributed by atoms with van der Waals surface area (Å²) in [4.78, 5) is 23.0. The van der Waals surface area contributed by atoms with Crippen LogP contribution in [-0.4, -0.2) is 38.7 Å². The maximum atomic E-state index is 12.8. The van der Waals surface area contributed by atoms with Gasteiger partial charge in [0, 0.05) is 30.5 Å². The number of aromatic nitrogens is 4. The molecule has 0 radical (unpaired) electrons. The highest BCUT2D eigenvalue weighted by Gasteiger charge is 2.22. The summed E-state index contributed by atoms with van der Waals surface area (Å²) >= 11 is 0. The number of aryl methyl sites for hydroxylation is 2. The number of rotatable bonds is 5. The van der Waals surface area contributed by atoms with Gasteiger partial charge in [-0.15, -0.1) is 0 Å². The van der Waals surface area contributed by atoms with E-state index in [2.05, 4.69) is 45.5 Å². The molecule has 0 fully saturated rings. The lowest BCUT2D eigenvalue weighted by molar-refractivity contribution is -0.117. The molecule has 0 unspecified atom stereocenters. The number of anilines is 1. The molecule has 1 aliphatic rings. The Morgan fingerprint density at radius 3 is 3.07 bits per heavy atom. The number of carbonyl (C=O) groups excluding carboxylic acids is 1. The SMILES string of the molecule is Cc1ccc2c(c1)CCCN2C(=O)CNCc1cccnc1-n1cncn1. The molecule has 7 nitrogen and oxygen atoms in total. The minimum atomic E-state index is 0.0889. The predicted molar refractivity (Wildman–Crippen MR) is 103 cm³/mol. The van der Waals surface area contributed by atoms with Gasteiger partial charge in [0.25, 0.3) is 0 Å². The molecule has 138 valence electrons. The van der Waals surface area contributed by atoms with Gasteiger partial charge in [0.1, 0.15) is 12.7 Å². The topological polar surface area (TPSA) is 75.9 Å². The monoisotopic (exact) mass is 362 g/mol. The molecule has 1 amide bonds. The van der Waals surface area contributed by atoms with Gasteiger partial charge in [0.15, 0.2) is 5.82 Å². The van der Waals surface area contributed by atoms with E-state index in [4.69, 9.17) is 0 Å². The van der Waals surface area contributed by atoms with E-state index in [1.54, 1.807) is 17.2 Å². The van der Waals surface area contributed by atoms with Crippen molar-refractivity contribution in [3.05, 3.63) is 65.9 Å². The van der Waals surface area contributed by atoms with Crippen LogP contribution in [0.15, 0.2) is 49.2 Å². The maximum Gasteiger partial charge on any atom is 0.240 e. The van der Waals surface area contributed by atoms with E-state index in [1.807, 2.05) is 17.0 Å². The smallest absolute Gasteiger partial charge is 0.240 e. The molecule has 0 atom stereocenters. The van der Waals surface area contributed by atoms with Crippen molar-refractivity contribution in [2.45, 2.75) is 26.3 Å². The normalized spacial score (nSPS) is 13.4. The van der Waals surface area contributed by atoms with Crippen LogP contribution in [0, 0.1) is 6.92 Å². The summed E-state index contributed by atoms with van der Waals surface area (Å²) < 4.78 is 1.63. The van der Waals surface area contributed by atoms with Crippen molar-refractivity contribution in [2.75, 3.05) is 18.0 Å². The Hall–Kier alpha value is -3.06. The number of fused-ring (bicyclic) bond motifs is 1. The largest absolute Gasteiger partial charge is 0.311 e. The molecule has 0 spiro atoms. The van der Waals surface area contributed by atoms with Crippen molar-refractivity contribution in [1.82, 2.24) is 25.1 Å². The third-order valence-corrected chi connectivity index (χ3v) is 4.75. The fourth-order valence-corrected chi connectivity index (χ4v) is 3.48. The first-order valence-electron chi connectivity index (χ1n) is 9.12. The van der Waals surface area contributed by atoms with Crippen LogP contribution in [0.5, 0.6) is 0 Å². The number of amides is 1.